The van der Waals surface area contributed by atoms with Gasteiger partial charge in [-0.05, 0) is 38.3 Å². The van der Waals surface area contributed by atoms with Crippen LogP contribution in [-0.2, 0) is 4.79 Å². The molecule has 1 rings (SSSR count). The predicted octanol–water partition coefficient (Wildman–Crippen LogP) is 2.73. The molecule has 0 heterocycles. The summed E-state index contributed by atoms with van der Waals surface area (Å²) in [4.78, 5) is 14.1. The fourth-order valence-corrected chi connectivity index (χ4v) is 3.51. The molecule has 1 aliphatic carbocycles. The van der Waals surface area contributed by atoms with Gasteiger partial charge in [0, 0.05) is 12.6 Å². The van der Waals surface area contributed by atoms with E-state index in [1.54, 1.807) is 0 Å². The fourth-order valence-electron chi connectivity index (χ4n) is 3.51. The summed E-state index contributed by atoms with van der Waals surface area (Å²) in [6.07, 6.45) is 4.89. The van der Waals surface area contributed by atoms with Crippen LogP contribution in [0.2, 0.25) is 0 Å². The Kier molecular flexibility index (Phi) is 6.96. The smallest absolute Gasteiger partial charge is 0.323 e. The van der Waals surface area contributed by atoms with E-state index in [1.165, 1.54) is 12.8 Å². The third-order valence-corrected chi connectivity index (χ3v) is 4.98. The first-order valence-electron chi connectivity index (χ1n) is 8.25. The molecular formula is C16H32N2O2. The maximum Gasteiger partial charge on any atom is 0.323 e. The van der Waals surface area contributed by atoms with E-state index >= 15 is 0 Å². The van der Waals surface area contributed by atoms with Crippen molar-refractivity contribution in [3.63, 3.8) is 0 Å². The number of carbonyl (C=O) groups is 1. The van der Waals surface area contributed by atoms with Gasteiger partial charge >= 0.3 is 5.97 Å². The van der Waals surface area contributed by atoms with Gasteiger partial charge in [-0.2, -0.15) is 0 Å². The minimum absolute atomic E-state index is 0.413. The van der Waals surface area contributed by atoms with Gasteiger partial charge in [-0.3, -0.25) is 4.79 Å². The SMILES string of the molecule is CCNC1(C(=O)O)CCC(N(CC)CC(CC)CC)C1. The van der Waals surface area contributed by atoms with Crippen LogP contribution in [0.15, 0.2) is 0 Å². The Hall–Kier alpha value is -0.610. The molecule has 2 N–H and O–H groups in total. The highest BCUT2D eigenvalue weighted by Crippen LogP contribution is 2.34. The van der Waals surface area contributed by atoms with Crippen molar-refractivity contribution in [2.75, 3.05) is 19.6 Å². The summed E-state index contributed by atoms with van der Waals surface area (Å²) in [7, 11) is 0. The number of hydrogen-bond acceptors (Lipinski definition) is 3. The second kappa shape index (κ2) is 7.99. The molecule has 0 amide bonds. The summed E-state index contributed by atoms with van der Waals surface area (Å²) in [6.45, 7) is 11.5. The quantitative estimate of drug-likeness (QED) is 0.683. The number of likely N-dealkylation sites (N-methyl/N-ethyl adjacent to an activating group) is 1. The first-order valence-corrected chi connectivity index (χ1v) is 8.25. The molecule has 1 aliphatic rings. The Morgan fingerprint density at radius 1 is 1.35 bits per heavy atom. The van der Waals surface area contributed by atoms with Crippen LogP contribution in [0, 0.1) is 5.92 Å². The molecule has 0 aliphatic heterocycles. The molecule has 0 radical (unpaired) electrons. The van der Waals surface area contributed by atoms with Crippen LogP contribution >= 0.6 is 0 Å². The van der Waals surface area contributed by atoms with Crippen molar-refractivity contribution in [3.8, 4) is 0 Å². The number of nitrogens with one attached hydrogen (secondary N) is 1. The van der Waals surface area contributed by atoms with Crippen LogP contribution in [0.3, 0.4) is 0 Å². The Labute approximate surface area is 123 Å². The van der Waals surface area contributed by atoms with E-state index in [1.807, 2.05) is 6.92 Å². The van der Waals surface area contributed by atoms with E-state index in [0.717, 1.165) is 44.8 Å². The molecule has 1 saturated carbocycles. The van der Waals surface area contributed by atoms with Gasteiger partial charge in [-0.15, -0.1) is 0 Å². The molecule has 0 aromatic carbocycles. The van der Waals surface area contributed by atoms with Gasteiger partial charge in [0.15, 0.2) is 0 Å². The van der Waals surface area contributed by atoms with Crippen LogP contribution in [0.4, 0.5) is 0 Å². The summed E-state index contributed by atoms with van der Waals surface area (Å²) in [5, 5.41) is 12.8. The predicted molar refractivity (Wildman–Crippen MR) is 83.0 cm³/mol. The van der Waals surface area contributed by atoms with E-state index in [9.17, 15) is 9.90 Å². The summed E-state index contributed by atoms with van der Waals surface area (Å²) < 4.78 is 0. The number of nitrogens with zero attached hydrogens (tertiary/aromatic N) is 1. The van der Waals surface area contributed by atoms with Crippen molar-refractivity contribution >= 4 is 5.97 Å². The summed E-state index contributed by atoms with van der Waals surface area (Å²) in [6, 6.07) is 0.413. The summed E-state index contributed by atoms with van der Waals surface area (Å²) in [5.74, 6) is 0.0503. The molecule has 0 aromatic rings. The van der Waals surface area contributed by atoms with Crippen molar-refractivity contribution < 1.29 is 9.90 Å². The average Bonchev–Trinajstić information content (AvgIpc) is 2.86. The number of carboxylic acids is 1. The molecule has 2 atom stereocenters. The van der Waals surface area contributed by atoms with Gasteiger partial charge in [0.05, 0.1) is 0 Å². The number of carboxylic acid groups (broad SMARTS) is 1. The average molecular weight is 284 g/mol. The van der Waals surface area contributed by atoms with E-state index in [4.69, 9.17) is 0 Å². The second-order valence-corrected chi connectivity index (χ2v) is 6.08. The largest absolute Gasteiger partial charge is 0.480 e. The first kappa shape index (κ1) is 17.4. The lowest BCUT2D eigenvalue weighted by Gasteiger charge is -2.32. The van der Waals surface area contributed by atoms with Crippen molar-refractivity contribution in [1.82, 2.24) is 10.2 Å². The van der Waals surface area contributed by atoms with Gasteiger partial charge in [-0.1, -0.05) is 40.5 Å². The summed E-state index contributed by atoms with van der Waals surface area (Å²) in [5.41, 5.74) is -0.694. The van der Waals surface area contributed by atoms with Gasteiger partial charge in [0.2, 0.25) is 0 Å². The first-order chi connectivity index (χ1) is 9.52. The maximum atomic E-state index is 11.6. The zero-order chi connectivity index (χ0) is 15.2. The molecule has 0 aromatic heterocycles. The van der Waals surface area contributed by atoms with E-state index < -0.39 is 11.5 Å². The van der Waals surface area contributed by atoms with Gasteiger partial charge < -0.3 is 15.3 Å². The molecule has 4 heteroatoms. The van der Waals surface area contributed by atoms with Gasteiger partial charge in [0.25, 0.3) is 0 Å². The molecule has 2 unspecified atom stereocenters. The molecule has 20 heavy (non-hydrogen) atoms. The van der Waals surface area contributed by atoms with Crippen molar-refractivity contribution in [2.45, 2.75) is 71.4 Å². The highest BCUT2D eigenvalue weighted by molar-refractivity contribution is 5.79. The van der Waals surface area contributed by atoms with Crippen LogP contribution in [-0.4, -0.2) is 47.2 Å². The molecule has 0 saturated heterocycles. The molecular weight excluding hydrogens is 252 g/mol. The Morgan fingerprint density at radius 3 is 2.45 bits per heavy atom. The van der Waals surface area contributed by atoms with Crippen molar-refractivity contribution in [3.05, 3.63) is 0 Å². The highest BCUT2D eigenvalue weighted by atomic mass is 16.4. The molecule has 0 bridgehead atoms. The topological polar surface area (TPSA) is 52.6 Å². The second-order valence-electron chi connectivity index (χ2n) is 6.08. The highest BCUT2D eigenvalue weighted by Gasteiger charge is 2.46. The van der Waals surface area contributed by atoms with Crippen LogP contribution in [0.5, 0.6) is 0 Å². The Balaban J connectivity index is 2.70. The maximum absolute atomic E-state index is 11.6. The fraction of sp³-hybridized carbons (Fsp3) is 0.938. The van der Waals surface area contributed by atoms with Crippen LogP contribution in [0.25, 0.3) is 0 Å². The lowest BCUT2D eigenvalue weighted by Crippen LogP contribution is -2.51. The van der Waals surface area contributed by atoms with Crippen molar-refractivity contribution in [2.24, 2.45) is 5.92 Å². The molecule has 1 fully saturated rings. The lowest BCUT2D eigenvalue weighted by molar-refractivity contribution is -0.144. The Bertz CT molecular complexity index is 305. The van der Waals surface area contributed by atoms with E-state index in [-0.39, 0.29) is 0 Å². The molecule has 4 nitrogen and oxygen atoms in total. The van der Waals surface area contributed by atoms with Crippen LogP contribution in [0.1, 0.15) is 59.8 Å². The minimum Gasteiger partial charge on any atom is -0.480 e. The molecule has 0 spiro atoms. The minimum atomic E-state index is -0.694. The Morgan fingerprint density at radius 2 is 2.00 bits per heavy atom. The molecule has 118 valence electrons. The van der Waals surface area contributed by atoms with E-state index in [0.29, 0.717) is 6.04 Å². The zero-order valence-corrected chi connectivity index (χ0v) is 13.6. The summed E-state index contributed by atoms with van der Waals surface area (Å²) >= 11 is 0. The lowest BCUT2D eigenvalue weighted by atomic mass is 9.96. The number of hydrogen-bond donors (Lipinski definition) is 2. The van der Waals surface area contributed by atoms with E-state index in [2.05, 4.69) is 31.0 Å². The number of rotatable bonds is 9. The zero-order valence-electron chi connectivity index (χ0n) is 13.6. The monoisotopic (exact) mass is 284 g/mol. The van der Waals surface area contributed by atoms with Gasteiger partial charge in [-0.25, -0.2) is 0 Å². The third kappa shape index (κ3) is 3.95. The van der Waals surface area contributed by atoms with Gasteiger partial charge in [0.1, 0.15) is 5.54 Å². The van der Waals surface area contributed by atoms with Crippen molar-refractivity contribution in [1.29, 1.82) is 0 Å². The third-order valence-electron chi connectivity index (χ3n) is 4.98. The number of aliphatic carboxylic acids is 1. The standard InChI is InChI=1S/C16H32N2O2/c1-5-13(6-2)12-18(8-4)14-9-10-16(11-14,15(19)20)17-7-3/h13-14,17H,5-12H2,1-4H3,(H,19,20). The normalized spacial score (nSPS) is 26.6. The van der Waals surface area contributed by atoms with Crippen LogP contribution < -0.4 is 5.32 Å².